The van der Waals surface area contributed by atoms with E-state index in [-0.39, 0.29) is 29.7 Å². The first kappa shape index (κ1) is 19.9. The standard InChI is InChI=1S/C14H21F2N3O.HI/c1-10(2)8-18-14(17-3)19-9-11-6-4-5-7-12(11)20-13(15)16;/h4-7,10,13H,8-9H2,1-3H3,(H2,17,18,19);1H. The summed E-state index contributed by atoms with van der Waals surface area (Å²) in [5, 5.41) is 6.22. The van der Waals surface area contributed by atoms with Crippen LogP contribution in [0.4, 0.5) is 8.78 Å². The number of aliphatic imine (C=N–C) groups is 1. The molecule has 0 saturated heterocycles. The lowest BCUT2D eigenvalue weighted by Gasteiger charge is -2.15. The molecule has 0 fully saturated rings. The molecule has 0 aliphatic rings. The van der Waals surface area contributed by atoms with E-state index in [4.69, 9.17) is 0 Å². The number of benzene rings is 1. The van der Waals surface area contributed by atoms with E-state index in [1.807, 2.05) is 0 Å². The molecule has 2 N–H and O–H groups in total. The topological polar surface area (TPSA) is 45.7 Å². The van der Waals surface area contributed by atoms with Gasteiger partial charge in [0.1, 0.15) is 5.75 Å². The fourth-order valence-electron chi connectivity index (χ4n) is 1.56. The monoisotopic (exact) mass is 413 g/mol. The number of alkyl halides is 2. The van der Waals surface area contributed by atoms with Gasteiger partial charge in [-0.05, 0) is 12.0 Å². The summed E-state index contributed by atoms with van der Waals surface area (Å²) in [6.45, 7) is 2.50. The molecule has 0 bridgehead atoms. The van der Waals surface area contributed by atoms with Crippen molar-refractivity contribution in [2.75, 3.05) is 13.6 Å². The Hall–Kier alpha value is -1.12. The Morgan fingerprint density at radius 1 is 1.24 bits per heavy atom. The van der Waals surface area contributed by atoms with Crippen LogP contribution in [-0.4, -0.2) is 26.2 Å². The van der Waals surface area contributed by atoms with Crippen LogP contribution in [0.5, 0.6) is 5.75 Å². The molecule has 0 spiro atoms. The SMILES string of the molecule is CN=C(NCc1ccccc1OC(F)F)NCC(C)C.I. The molecule has 1 aromatic carbocycles. The number of nitrogens with zero attached hydrogens (tertiary/aromatic N) is 1. The number of hydrogen-bond acceptors (Lipinski definition) is 2. The predicted octanol–water partition coefficient (Wildman–Crippen LogP) is 3.23. The van der Waals surface area contributed by atoms with E-state index in [0.717, 1.165) is 6.54 Å². The Bertz CT molecular complexity index is 442. The predicted molar refractivity (Wildman–Crippen MR) is 91.5 cm³/mol. The maximum Gasteiger partial charge on any atom is 0.387 e. The molecule has 0 aliphatic heterocycles. The zero-order valence-electron chi connectivity index (χ0n) is 12.4. The molecule has 0 heterocycles. The molecule has 0 atom stereocenters. The highest BCUT2D eigenvalue weighted by Crippen LogP contribution is 2.19. The van der Waals surface area contributed by atoms with Gasteiger partial charge in [0.15, 0.2) is 5.96 Å². The zero-order valence-corrected chi connectivity index (χ0v) is 14.7. The van der Waals surface area contributed by atoms with Crippen molar-refractivity contribution in [2.45, 2.75) is 27.0 Å². The lowest BCUT2D eigenvalue weighted by molar-refractivity contribution is -0.0504. The maximum atomic E-state index is 12.3. The molecule has 120 valence electrons. The lowest BCUT2D eigenvalue weighted by atomic mass is 10.2. The molecule has 0 aliphatic carbocycles. The molecular weight excluding hydrogens is 391 g/mol. The highest BCUT2D eigenvalue weighted by atomic mass is 127. The summed E-state index contributed by atoms with van der Waals surface area (Å²) >= 11 is 0. The molecule has 0 aromatic heterocycles. The van der Waals surface area contributed by atoms with Gasteiger partial charge in [-0.3, -0.25) is 4.99 Å². The van der Waals surface area contributed by atoms with Crippen LogP contribution in [-0.2, 0) is 6.54 Å². The van der Waals surface area contributed by atoms with Crippen molar-refractivity contribution in [3.8, 4) is 5.75 Å². The van der Waals surface area contributed by atoms with E-state index in [2.05, 4.69) is 34.2 Å². The summed E-state index contributed by atoms with van der Waals surface area (Å²) in [6.07, 6.45) is 0. The van der Waals surface area contributed by atoms with Crippen molar-refractivity contribution in [2.24, 2.45) is 10.9 Å². The van der Waals surface area contributed by atoms with E-state index < -0.39 is 6.61 Å². The third-order valence-corrected chi connectivity index (χ3v) is 2.54. The van der Waals surface area contributed by atoms with Crippen molar-refractivity contribution >= 4 is 29.9 Å². The first-order valence-electron chi connectivity index (χ1n) is 6.50. The highest BCUT2D eigenvalue weighted by molar-refractivity contribution is 14.0. The third-order valence-electron chi connectivity index (χ3n) is 2.54. The van der Waals surface area contributed by atoms with Gasteiger partial charge < -0.3 is 15.4 Å². The second kappa shape index (κ2) is 10.6. The third kappa shape index (κ3) is 8.03. The first-order valence-corrected chi connectivity index (χ1v) is 6.50. The average molecular weight is 413 g/mol. The van der Waals surface area contributed by atoms with Crippen molar-refractivity contribution in [3.63, 3.8) is 0 Å². The Kier molecular flexibility index (Phi) is 10.0. The van der Waals surface area contributed by atoms with Gasteiger partial charge in [0, 0.05) is 25.7 Å². The molecule has 21 heavy (non-hydrogen) atoms. The fourth-order valence-corrected chi connectivity index (χ4v) is 1.56. The van der Waals surface area contributed by atoms with E-state index >= 15 is 0 Å². The van der Waals surface area contributed by atoms with Gasteiger partial charge in [-0.25, -0.2) is 0 Å². The normalized spacial score (nSPS) is 11.3. The van der Waals surface area contributed by atoms with Crippen LogP contribution in [0, 0.1) is 5.92 Å². The van der Waals surface area contributed by atoms with Crippen LogP contribution in [0.15, 0.2) is 29.3 Å². The Morgan fingerprint density at radius 3 is 2.48 bits per heavy atom. The minimum atomic E-state index is -2.82. The minimum absolute atomic E-state index is 0. The van der Waals surface area contributed by atoms with Crippen LogP contribution < -0.4 is 15.4 Å². The maximum absolute atomic E-state index is 12.3. The van der Waals surface area contributed by atoms with Gasteiger partial charge in [-0.15, -0.1) is 24.0 Å². The van der Waals surface area contributed by atoms with Gasteiger partial charge in [0.25, 0.3) is 0 Å². The fraction of sp³-hybridized carbons (Fsp3) is 0.500. The largest absolute Gasteiger partial charge is 0.434 e. The van der Waals surface area contributed by atoms with Crippen molar-refractivity contribution in [3.05, 3.63) is 29.8 Å². The summed E-state index contributed by atoms with van der Waals surface area (Å²) in [6, 6.07) is 6.70. The van der Waals surface area contributed by atoms with Gasteiger partial charge in [-0.1, -0.05) is 32.0 Å². The van der Waals surface area contributed by atoms with Crippen LogP contribution in [0.25, 0.3) is 0 Å². The van der Waals surface area contributed by atoms with Gasteiger partial charge in [0.05, 0.1) is 0 Å². The van der Waals surface area contributed by atoms with Crippen molar-refractivity contribution in [1.82, 2.24) is 10.6 Å². The molecule has 0 unspecified atom stereocenters. The molecule has 1 aromatic rings. The highest BCUT2D eigenvalue weighted by Gasteiger charge is 2.09. The summed E-state index contributed by atoms with van der Waals surface area (Å²) in [5.41, 5.74) is 0.653. The molecule has 0 radical (unpaired) electrons. The number of guanidine groups is 1. The van der Waals surface area contributed by atoms with E-state index in [0.29, 0.717) is 24.0 Å². The average Bonchev–Trinajstić information content (AvgIpc) is 2.39. The summed E-state index contributed by atoms with van der Waals surface area (Å²) in [7, 11) is 1.66. The molecule has 0 saturated carbocycles. The minimum Gasteiger partial charge on any atom is -0.434 e. The van der Waals surface area contributed by atoms with E-state index in [1.54, 1.807) is 25.2 Å². The van der Waals surface area contributed by atoms with Crippen molar-refractivity contribution < 1.29 is 13.5 Å². The number of rotatable bonds is 6. The molecule has 4 nitrogen and oxygen atoms in total. The van der Waals surface area contributed by atoms with Crippen LogP contribution >= 0.6 is 24.0 Å². The Labute approximate surface area is 141 Å². The van der Waals surface area contributed by atoms with E-state index in [9.17, 15) is 8.78 Å². The smallest absolute Gasteiger partial charge is 0.387 e. The second-order valence-electron chi connectivity index (χ2n) is 4.69. The summed E-state index contributed by atoms with van der Waals surface area (Å²) < 4.78 is 29.1. The van der Waals surface area contributed by atoms with Crippen molar-refractivity contribution in [1.29, 1.82) is 0 Å². The second-order valence-corrected chi connectivity index (χ2v) is 4.69. The summed E-state index contributed by atoms with van der Waals surface area (Å²) in [5.74, 6) is 1.29. The Morgan fingerprint density at radius 2 is 1.90 bits per heavy atom. The summed E-state index contributed by atoms with van der Waals surface area (Å²) in [4.78, 5) is 4.07. The van der Waals surface area contributed by atoms with Crippen LogP contribution in [0.3, 0.4) is 0 Å². The number of hydrogen-bond donors (Lipinski definition) is 2. The molecule has 0 amide bonds. The lowest BCUT2D eigenvalue weighted by Crippen LogP contribution is -2.38. The number of halogens is 3. The Balaban J connectivity index is 0.00000400. The van der Waals surface area contributed by atoms with Crippen LogP contribution in [0.1, 0.15) is 19.4 Å². The number of nitrogens with one attached hydrogen (secondary N) is 2. The first-order chi connectivity index (χ1) is 9.52. The zero-order chi connectivity index (χ0) is 15.0. The molecule has 1 rings (SSSR count). The number of ether oxygens (including phenoxy) is 1. The van der Waals surface area contributed by atoms with Crippen LogP contribution in [0.2, 0.25) is 0 Å². The molecular formula is C14H22F2IN3O. The quantitative estimate of drug-likeness (QED) is 0.428. The molecule has 7 heteroatoms. The number of para-hydroxylation sites is 1. The van der Waals surface area contributed by atoms with Gasteiger partial charge >= 0.3 is 6.61 Å². The van der Waals surface area contributed by atoms with E-state index in [1.165, 1.54) is 6.07 Å². The van der Waals surface area contributed by atoms with Gasteiger partial charge in [0.2, 0.25) is 0 Å². The van der Waals surface area contributed by atoms with Gasteiger partial charge in [-0.2, -0.15) is 8.78 Å².